The summed E-state index contributed by atoms with van der Waals surface area (Å²) in [6.07, 6.45) is 1.82. The number of ether oxygens (including phenoxy) is 2. The van der Waals surface area contributed by atoms with Crippen LogP contribution in [0, 0.1) is 0 Å². The van der Waals surface area contributed by atoms with Gasteiger partial charge in [0, 0.05) is 13.7 Å². The summed E-state index contributed by atoms with van der Waals surface area (Å²) in [7, 11) is 1.66. The van der Waals surface area contributed by atoms with Crippen LogP contribution in [0.5, 0.6) is 0 Å². The Morgan fingerprint density at radius 1 is 1.50 bits per heavy atom. The Balaban J connectivity index is 0.000000873. The molecule has 6 nitrogen and oxygen atoms in total. The van der Waals surface area contributed by atoms with Gasteiger partial charge in [-0.2, -0.15) is 0 Å². The fourth-order valence-corrected chi connectivity index (χ4v) is 1.76. The molecule has 18 heavy (non-hydrogen) atoms. The maximum absolute atomic E-state index is 11.8. The first-order valence-electron chi connectivity index (χ1n) is 5.92. The highest BCUT2D eigenvalue weighted by Gasteiger charge is 2.31. The molecule has 0 saturated carbocycles. The number of hydrogen-bond donors (Lipinski definition) is 1. The third kappa shape index (κ3) is 6.44. The largest absolute Gasteiger partial charge is 0.483 e. The third-order valence-corrected chi connectivity index (χ3v) is 2.36. The molecule has 0 radical (unpaired) electrons. The van der Waals surface area contributed by atoms with E-state index in [1.54, 1.807) is 12.0 Å². The number of carboxylic acid groups (broad SMARTS) is 1. The predicted octanol–water partition coefficient (Wildman–Crippen LogP) is 1.73. The molecule has 1 unspecified atom stereocenters. The second-order valence-corrected chi connectivity index (χ2v) is 5.03. The molecular formula is C12H23NO5. The Morgan fingerprint density at radius 2 is 2.06 bits per heavy atom. The van der Waals surface area contributed by atoms with Crippen molar-refractivity contribution >= 4 is 12.6 Å². The highest BCUT2D eigenvalue weighted by atomic mass is 16.6. The van der Waals surface area contributed by atoms with Crippen molar-refractivity contribution in [1.82, 2.24) is 4.90 Å². The van der Waals surface area contributed by atoms with Gasteiger partial charge in [-0.05, 0) is 33.6 Å². The van der Waals surface area contributed by atoms with Gasteiger partial charge in [0.1, 0.15) is 5.60 Å². The first-order chi connectivity index (χ1) is 8.35. The van der Waals surface area contributed by atoms with E-state index in [4.69, 9.17) is 19.4 Å². The maximum Gasteiger partial charge on any atom is 0.410 e. The van der Waals surface area contributed by atoms with E-state index in [0.717, 1.165) is 19.4 Å². The van der Waals surface area contributed by atoms with E-state index in [2.05, 4.69) is 0 Å². The number of likely N-dealkylation sites (tertiary alicyclic amines) is 1. The minimum atomic E-state index is -0.419. The number of amides is 1. The van der Waals surface area contributed by atoms with Gasteiger partial charge >= 0.3 is 6.09 Å². The van der Waals surface area contributed by atoms with Gasteiger partial charge < -0.3 is 19.5 Å². The van der Waals surface area contributed by atoms with Gasteiger partial charge in [-0.3, -0.25) is 4.79 Å². The standard InChI is InChI=1S/C11H21NO3.CH2O2/c1-11(2,3)15-10(13)12-7-5-6-9(12)8-14-4;2-1-3/h9H,5-8H2,1-4H3;1H,(H,2,3). The van der Waals surface area contributed by atoms with Crippen molar-refractivity contribution in [1.29, 1.82) is 0 Å². The van der Waals surface area contributed by atoms with Crippen LogP contribution < -0.4 is 0 Å². The quantitative estimate of drug-likeness (QED) is 0.766. The van der Waals surface area contributed by atoms with Crippen molar-refractivity contribution in [2.75, 3.05) is 20.3 Å². The lowest BCUT2D eigenvalue weighted by Gasteiger charge is -2.28. The molecule has 1 amide bonds. The van der Waals surface area contributed by atoms with Gasteiger partial charge in [0.25, 0.3) is 6.47 Å². The average Bonchev–Trinajstić information content (AvgIpc) is 2.65. The number of carbonyl (C=O) groups excluding carboxylic acids is 1. The molecule has 1 aliphatic rings. The van der Waals surface area contributed by atoms with Crippen LogP contribution >= 0.6 is 0 Å². The molecule has 106 valence electrons. The van der Waals surface area contributed by atoms with Gasteiger partial charge in [-0.1, -0.05) is 0 Å². The van der Waals surface area contributed by atoms with Crippen molar-refractivity contribution in [3.05, 3.63) is 0 Å². The minimum Gasteiger partial charge on any atom is -0.483 e. The number of carbonyl (C=O) groups is 2. The van der Waals surface area contributed by atoms with Gasteiger partial charge in [0.15, 0.2) is 0 Å². The second-order valence-electron chi connectivity index (χ2n) is 5.03. The van der Waals surface area contributed by atoms with Crippen LogP contribution in [0.15, 0.2) is 0 Å². The fourth-order valence-electron chi connectivity index (χ4n) is 1.76. The molecule has 1 fully saturated rings. The highest BCUT2D eigenvalue weighted by Crippen LogP contribution is 2.20. The molecule has 0 aromatic carbocycles. The number of hydrogen-bond acceptors (Lipinski definition) is 4. The van der Waals surface area contributed by atoms with E-state index >= 15 is 0 Å². The molecule has 1 heterocycles. The molecule has 1 N–H and O–H groups in total. The lowest BCUT2D eigenvalue weighted by Crippen LogP contribution is -2.41. The van der Waals surface area contributed by atoms with Crippen molar-refractivity contribution in [3.63, 3.8) is 0 Å². The second kappa shape index (κ2) is 7.92. The number of methoxy groups -OCH3 is 1. The molecule has 1 atom stereocenters. The molecule has 0 spiro atoms. The monoisotopic (exact) mass is 261 g/mol. The topological polar surface area (TPSA) is 76.1 Å². The summed E-state index contributed by atoms with van der Waals surface area (Å²) >= 11 is 0. The van der Waals surface area contributed by atoms with Crippen molar-refractivity contribution in [2.45, 2.75) is 45.3 Å². The van der Waals surface area contributed by atoms with Gasteiger partial charge in [-0.15, -0.1) is 0 Å². The SMILES string of the molecule is COCC1CCCN1C(=O)OC(C)(C)C.O=CO. The van der Waals surface area contributed by atoms with Crippen LogP contribution in [0.25, 0.3) is 0 Å². The Bertz CT molecular complexity index is 262. The molecule has 6 heteroatoms. The van der Waals surface area contributed by atoms with Crippen LogP contribution in [0.2, 0.25) is 0 Å². The van der Waals surface area contributed by atoms with Crippen LogP contribution in [0.1, 0.15) is 33.6 Å². The number of rotatable bonds is 2. The predicted molar refractivity (Wildman–Crippen MR) is 66.5 cm³/mol. The molecule has 1 saturated heterocycles. The summed E-state index contributed by atoms with van der Waals surface area (Å²) in [5.41, 5.74) is -0.419. The maximum atomic E-state index is 11.8. The van der Waals surface area contributed by atoms with Crippen LogP contribution in [-0.4, -0.2) is 54.5 Å². The Labute approximate surface area is 108 Å². The molecule has 0 aromatic heterocycles. The fraction of sp³-hybridized carbons (Fsp3) is 0.833. The Morgan fingerprint density at radius 3 is 2.50 bits per heavy atom. The minimum absolute atomic E-state index is 0.185. The normalized spacial score (nSPS) is 18.9. The van der Waals surface area contributed by atoms with Crippen molar-refractivity contribution in [3.8, 4) is 0 Å². The summed E-state index contributed by atoms with van der Waals surface area (Å²) in [5.74, 6) is 0. The molecule has 1 rings (SSSR count). The van der Waals surface area contributed by atoms with E-state index in [0.29, 0.717) is 6.61 Å². The molecule has 0 aliphatic carbocycles. The lowest BCUT2D eigenvalue weighted by molar-refractivity contribution is -0.122. The zero-order valence-corrected chi connectivity index (χ0v) is 11.5. The van der Waals surface area contributed by atoms with E-state index in [1.807, 2.05) is 20.8 Å². The van der Waals surface area contributed by atoms with Gasteiger partial charge in [0.05, 0.1) is 12.6 Å². The summed E-state index contributed by atoms with van der Waals surface area (Å²) in [5, 5.41) is 6.89. The Hall–Kier alpha value is -1.30. The lowest BCUT2D eigenvalue weighted by atomic mass is 10.2. The first kappa shape index (κ1) is 16.7. The van der Waals surface area contributed by atoms with E-state index in [1.165, 1.54) is 0 Å². The first-order valence-corrected chi connectivity index (χ1v) is 5.92. The van der Waals surface area contributed by atoms with Crippen molar-refractivity contribution in [2.24, 2.45) is 0 Å². The summed E-state index contributed by atoms with van der Waals surface area (Å²) in [6.45, 7) is 6.77. The number of nitrogens with zero attached hydrogens (tertiary/aromatic N) is 1. The summed E-state index contributed by atoms with van der Waals surface area (Å²) in [6, 6.07) is 0.185. The zero-order chi connectivity index (χ0) is 14.2. The molecular weight excluding hydrogens is 238 g/mol. The van der Waals surface area contributed by atoms with Gasteiger partial charge in [-0.25, -0.2) is 4.79 Å². The molecule has 1 aliphatic heterocycles. The highest BCUT2D eigenvalue weighted by molar-refractivity contribution is 5.68. The van der Waals surface area contributed by atoms with Gasteiger partial charge in [0.2, 0.25) is 0 Å². The van der Waals surface area contributed by atoms with E-state index in [-0.39, 0.29) is 18.6 Å². The van der Waals surface area contributed by atoms with Crippen molar-refractivity contribution < 1.29 is 24.2 Å². The zero-order valence-electron chi connectivity index (χ0n) is 11.5. The summed E-state index contributed by atoms with van der Waals surface area (Å²) < 4.78 is 10.4. The smallest absolute Gasteiger partial charge is 0.410 e. The van der Waals surface area contributed by atoms with Crippen LogP contribution in [0.3, 0.4) is 0 Å². The molecule has 0 aromatic rings. The van der Waals surface area contributed by atoms with Crippen LogP contribution in [-0.2, 0) is 14.3 Å². The molecule has 0 bridgehead atoms. The Kier molecular flexibility index (Phi) is 7.35. The van der Waals surface area contributed by atoms with E-state index in [9.17, 15) is 4.79 Å². The average molecular weight is 261 g/mol. The van der Waals surface area contributed by atoms with Crippen LogP contribution in [0.4, 0.5) is 4.79 Å². The van der Waals surface area contributed by atoms with E-state index < -0.39 is 5.60 Å². The summed E-state index contributed by atoms with van der Waals surface area (Å²) in [4.78, 5) is 21.9. The third-order valence-electron chi connectivity index (χ3n) is 2.36.